The van der Waals surface area contributed by atoms with E-state index in [1.54, 1.807) is 24.3 Å². The molecule has 0 radical (unpaired) electrons. The molecule has 0 unspecified atom stereocenters. The van der Waals surface area contributed by atoms with Crippen LogP contribution < -0.4 is 5.32 Å². The van der Waals surface area contributed by atoms with Gasteiger partial charge in [0.05, 0.1) is 21.7 Å². The highest BCUT2D eigenvalue weighted by molar-refractivity contribution is 8.00. The molecule has 2 heterocycles. The normalized spacial score (nSPS) is 10.9. The molecule has 156 valence electrons. The Morgan fingerprint density at radius 2 is 1.94 bits per heavy atom. The molecule has 7 nitrogen and oxygen atoms in total. The van der Waals surface area contributed by atoms with Crippen LogP contribution in [-0.4, -0.2) is 26.6 Å². The van der Waals surface area contributed by atoms with E-state index >= 15 is 0 Å². The number of hydrogen-bond donors (Lipinski definition) is 1. The molecule has 31 heavy (non-hydrogen) atoms. The smallest absolute Gasteiger partial charge is 0.271 e. The number of thiophene rings is 1. The van der Waals surface area contributed by atoms with Crippen molar-refractivity contribution in [1.29, 1.82) is 0 Å². The van der Waals surface area contributed by atoms with Gasteiger partial charge < -0.3 is 5.32 Å². The third kappa shape index (κ3) is 4.42. The number of nitrogens with zero attached hydrogens (tertiary/aromatic N) is 3. The van der Waals surface area contributed by atoms with Crippen molar-refractivity contribution in [2.45, 2.75) is 18.9 Å². The Hall–Kier alpha value is -3.30. The van der Waals surface area contributed by atoms with Gasteiger partial charge in [-0.1, -0.05) is 48.2 Å². The summed E-state index contributed by atoms with van der Waals surface area (Å²) in [5, 5.41) is 15.5. The minimum atomic E-state index is -0.481. The van der Waals surface area contributed by atoms with Gasteiger partial charge in [-0.2, -0.15) is 0 Å². The Kier molecular flexibility index (Phi) is 5.97. The number of benzene rings is 2. The summed E-state index contributed by atoms with van der Waals surface area (Å²) in [5.41, 5.74) is 3.29. The first-order chi connectivity index (χ1) is 14.9. The van der Waals surface area contributed by atoms with Crippen molar-refractivity contribution in [3.63, 3.8) is 0 Å². The van der Waals surface area contributed by atoms with Gasteiger partial charge in [-0.3, -0.25) is 14.9 Å². The molecule has 0 aliphatic rings. The number of carbonyl (C=O) groups excluding carboxylic acids is 1. The van der Waals surface area contributed by atoms with Crippen LogP contribution in [0.5, 0.6) is 0 Å². The Bertz CT molecular complexity index is 1290. The first-order valence-corrected chi connectivity index (χ1v) is 11.2. The average Bonchev–Trinajstić information content (AvgIpc) is 3.10. The second-order valence-corrected chi connectivity index (χ2v) is 9.02. The number of nitrogens with one attached hydrogen (secondary N) is 1. The van der Waals surface area contributed by atoms with E-state index in [-0.39, 0.29) is 17.3 Å². The van der Waals surface area contributed by atoms with Crippen LogP contribution in [0.15, 0.2) is 59.9 Å². The van der Waals surface area contributed by atoms with Crippen molar-refractivity contribution in [2.75, 3.05) is 11.1 Å². The Morgan fingerprint density at radius 3 is 2.68 bits per heavy atom. The van der Waals surface area contributed by atoms with E-state index in [1.807, 2.05) is 30.3 Å². The molecular formula is C22H18N4O3S2. The fraction of sp³-hybridized carbons (Fsp3) is 0.136. The maximum absolute atomic E-state index is 12.6. The highest BCUT2D eigenvalue weighted by Gasteiger charge is 2.18. The number of nitro groups is 1. The van der Waals surface area contributed by atoms with Crippen LogP contribution in [0.1, 0.15) is 10.4 Å². The number of fused-ring (bicyclic) bond motifs is 1. The van der Waals surface area contributed by atoms with Crippen LogP contribution in [0.4, 0.5) is 11.4 Å². The van der Waals surface area contributed by atoms with Crippen LogP contribution in [0.3, 0.4) is 0 Å². The number of nitro benzene ring substituents is 1. The fourth-order valence-corrected chi connectivity index (χ4v) is 5.14. The summed E-state index contributed by atoms with van der Waals surface area (Å²) in [6.45, 7) is 3.85. The van der Waals surface area contributed by atoms with Crippen LogP contribution in [0.25, 0.3) is 21.3 Å². The van der Waals surface area contributed by atoms with Gasteiger partial charge in [0, 0.05) is 22.6 Å². The number of rotatable bonds is 6. The highest BCUT2D eigenvalue weighted by Crippen LogP contribution is 2.41. The second-order valence-electron chi connectivity index (χ2n) is 6.85. The minimum absolute atomic E-state index is 0.0627. The Morgan fingerprint density at radius 1 is 1.16 bits per heavy atom. The van der Waals surface area contributed by atoms with Crippen molar-refractivity contribution in [2.24, 2.45) is 0 Å². The Labute approximate surface area is 186 Å². The molecule has 0 saturated heterocycles. The van der Waals surface area contributed by atoms with Gasteiger partial charge in [0.15, 0.2) is 0 Å². The molecule has 0 bridgehead atoms. The molecule has 4 rings (SSSR count). The third-order valence-corrected chi connectivity index (χ3v) is 6.74. The summed E-state index contributed by atoms with van der Waals surface area (Å²) in [5.74, 6) is -0.134. The quantitative estimate of drug-likeness (QED) is 0.177. The van der Waals surface area contributed by atoms with Gasteiger partial charge in [0.25, 0.3) is 5.69 Å². The number of non-ortho nitro benzene ring substituents is 1. The maximum atomic E-state index is 12.6. The zero-order chi connectivity index (χ0) is 22.0. The molecule has 9 heteroatoms. The van der Waals surface area contributed by atoms with Gasteiger partial charge in [0.1, 0.15) is 16.2 Å². The average molecular weight is 451 g/mol. The monoisotopic (exact) mass is 450 g/mol. The largest absolute Gasteiger partial charge is 0.325 e. The molecule has 0 saturated carbocycles. The minimum Gasteiger partial charge on any atom is -0.325 e. The van der Waals surface area contributed by atoms with Gasteiger partial charge in [0.2, 0.25) is 5.91 Å². The molecule has 0 fully saturated rings. The molecule has 0 atom stereocenters. The van der Waals surface area contributed by atoms with Crippen molar-refractivity contribution < 1.29 is 9.72 Å². The predicted octanol–water partition coefficient (Wildman–Crippen LogP) is 5.61. The molecule has 0 aliphatic carbocycles. The van der Waals surface area contributed by atoms with Crippen molar-refractivity contribution in [3.05, 3.63) is 75.4 Å². The molecule has 4 aromatic rings. The molecular weight excluding hydrogens is 432 g/mol. The van der Waals surface area contributed by atoms with E-state index in [0.717, 1.165) is 36.8 Å². The molecule has 2 aromatic carbocycles. The first kappa shape index (κ1) is 21.0. The van der Waals surface area contributed by atoms with Crippen molar-refractivity contribution >= 4 is 50.6 Å². The van der Waals surface area contributed by atoms with E-state index in [2.05, 4.69) is 22.2 Å². The standard InChI is InChI=1S/C22H18N4O3S2/c1-13-8-9-16(26(28)29)10-17(13)25-18(27)11-30-21-20-19(15-6-4-3-5-7-15)14(2)31-22(20)24-12-23-21/h3-10,12H,11H2,1-2H3,(H,25,27). The topological polar surface area (TPSA) is 98.0 Å². The van der Waals surface area contributed by atoms with E-state index in [0.29, 0.717) is 5.69 Å². The number of anilines is 1. The zero-order valence-corrected chi connectivity index (χ0v) is 18.4. The molecule has 0 aliphatic heterocycles. The molecule has 1 N–H and O–H groups in total. The maximum Gasteiger partial charge on any atom is 0.271 e. The summed E-state index contributed by atoms with van der Waals surface area (Å²) in [7, 11) is 0. The number of hydrogen-bond acceptors (Lipinski definition) is 7. The number of aryl methyl sites for hydroxylation is 2. The second kappa shape index (κ2) is 8.83. The van der Waals surface area contributed by atoms with Gasteiger partial charge in [-0.15, -0.1) is 11.3 Å². The van der Waals surface area contributed by atoms with Crippen LogP contribution in [-0.2, 0) is 4.79 Å². The van der Waals surface area contributed by atoms with Crippen molar-refractivity contribution in [3.8, 4) is 11.1 Å². The van der Waals surface area contributed by atoms with Gasteiger partial charge in [-0.05, 0) is 25.0 Å². The SMILES string of the molecule is Cc1ccc([N+](=O)[O-])cc1NC(=O)CSc1ncnc2sc(C)c(-c3ccccc3)c12. The van der Waals surface area contributed by atoms with Crippen molar-refractivity contribution in [1.82, 2.24) is 9.97 Å². The fourth-order valence-electron chi connectivity index (χ4n) is 3.26. The van der Waals surface area contributed by atoms with E-state index < -0.39 is 4.92 Å². The first-order valence-electron chi connectivity index (χ1n) is 9.41. The summed E-state index contributed by atoms with van der Waals surface area (Å²) >= 11 is 2.93. The lowest BCUT2D eigenvalue weighted by Crippen LogP contribution is -2.15. The van der Waals surface area contributed by atoms with E-state index in [9.17, 15) is 14.9 Å². The number of thioether (sulfide) groups is 1. The number of carbonyl (C=O) groups is 1. The lowest BCUT2D eigenvalue weighted by molar-refractivity contribution is -0.384. The van der Waals surface area contributed by atoms with E-state index in [1.165, 1.54) is 30.2 Å². The number of aromatic nitrogens is 2. The van der Waals surface area contributed by atoms with E-state index in [4.69, 9.17) is 0 Å². The van der Waals surface area contributed by atoms with Crippen LogP contribution in [0, 0.1) is 24.0 Å². The molecule has 2 aromatic heterocycles. The lowest BCUT2D eigenvalue weighted by atomic mass is 10.0. The summed E-state index contributed by atoms with van der Waals surface area (Å²) in [6.07, 6.45) is 1.51. The highest BCUT2D eigenvalue weighted by atomic mass is 32.2. The van der Waals surface area contributed by atoms with Gasteiger partial charge in [-0.25, -0.2) is 9.97 Å². The predicted molar refractivity (Wildman–Crippen MR) is 125 cm³/mol. The lowest BCUT2D eigenvalue weighted by Gasteiger charge is -2.09. The third-order valence-electron chi connectivity index (χ3n) is 4.74. The van der Waals surface area contributed by atoms with Gasteiger partial charge >= 0.3 is 0 Å². The summed E-state index contributed by atoms with van der Waals surface area (Å²) in [4.78, 5) is 34.0. The number of amides is 1. The van der Waals surface area contributed by atoms with Crippen LogP contribution in [0.2, 0.25) is 0 Å². The summed E-state index contributed by atoms with van der Waals surface area (Å²) < 4.78 is 0. The summed E-state index contributed by atoms with van der Waals surface area (Å²) in [6, 6.07) is 14.5. The molecule has 0 spiro atoms. The zero-order valence-electron chi connectivity index (χ0n) is 16.8. The van der Waals surface area contributed by atoms with Crippen LogP contribution >= 0.6 is 23.1 Å². The molecule has 1 amide bonds. The Balaban J connectivity index is 1.58.